The number of rotatable bonds is 5. The number of nitriles is 1. The van der Waals surface area contributed by atoms with Crippen LogP contribution < -0.4 is 0 Å². The highest BCUT2D eigenvalue weighted by Crippen LogP contribution is 2.02. The first-order valence-electron chi connectivity index (χ1n) is 4.25. The highest BCUT2D eigenvalue weighted by molar-refractivity contribution is 5.76. The lowest BCUT2D eigenvalue weighted by Gasteiger charge is -2.14. The SMILES string of the molecule is COC(C)CCC(=O)N(C)CC#N. The maximum Gasteiger partial charge on any atom is 0.223 e. The number of amides is 1. The van der Waals surface area contributed by atoms with Crippen molar-refractivity contribution < 1.29 is 9.53 Å². The fourth-order valence-corrected chi connectivity index (χ4v) is 0.830. The molecule has 0 heterocycles. The van der Waals surface area contributed by atoms with Crippen molar-refractivity contribution in [2.24, 2.45) is 0 Å². The minimum Gasteiger partial charge on any atom is -0.382 e. The molecule has 4 heteroatoms. The van der Waals surface area contributed by atoms with Crippen LogP contribution in [0, 0.1) is 11.3 Å². The molecule has 0 aliphatic heterocycles. The molecule has 0 aliphatic carbocycles. The summed E-state index contributed by atoms with van der Waals surface area (Å²) >= 11 is 0. The van der Waals surface area contributed by atoms with Crippen LogP contribution in [0.1, 0.15) is 19.8 Å². The van der Waals surface area contributed by atoms with Gasteiger partial charge in [0, 0.05) is 20.6 Å². The molecule has 0 saturated heterocycles. The topological polar surface area (TPSA) is 53.3 Å². The third-order valence-corrected chi connectivity index (χ3v) is 1.90. The van der Waals surface area contributed by atoms with Gasteiger partial charge in [0.05, 0.1) is 12.2 Å². The Labute approximate surface area is 79.1 Å². The predicted octanol–water partition coefficient (Wildman–Crippen LogP) is 0.783. The first-order valence-corrected chi connectivity index (χ1v) is 4.25. The normalized spacial score (nSPS) is 11.8. The molecule has 1 amide bonds. The summed E-state index contributed by atoms with van der Waals surface area (Å²) in [5.74, 6) is -0.00884. The Bertz CT molecular complexity index is 198. The molecule has 13 heavy (non-hydrogen) atoms. The van der Waals surface area contributed by atoms with Gasteiger partial charge < -0.3 is 9.64 Å². The number of ether oxygens (including phenoxy) is 1. The van der Waals surface area contributed by atoms with E-state index in [0.29, 0.717) is 12.8 Å². The first-order chi connectivity index (χ1) is 6.11. The maximum absolute atomic E-state index is 11.3. The van der Waals surface area contributed by atoms with E-state index in [4.69, 9.17) is 10.00 Å². The summed E-state index contributed by atoms with van der Waals surface area (Å²) in [7, 11) is 3.25. The van der Waals surface area contributed by atoms with Crippen LogP contribution in [0.15, 0.2) is 0 Å². The van der Waals surface area contributed by atoms with E-state index in [1.54, 1.807) is 14.2 Å². The molecule has 1 atom stereocenters. The number of nitrogens with zero attached hydrogens (tertiary/aromatic N) is 2. The fraction of sp³-hybridized carbons (Fsp3) is 0.778. The molecule has 4 nitrogen and oxygen atoms in total. The van der Waals surface area contributed by atoms with E-state index in [0.717, 1.165) is 0 Å². The van der Waals surface area contributed by atoms with E-state index in [9.17, 15) is 4.79 Å². The molecule has 0 spiro atoms. The molecule has 0 aromatic rings. The highest BCUT2D eigenvalue weighted by Gasteiger charge is 2.09. The smallest absolute Gasteiger partial charge is 0.223 e. The van der Waals surface area contributed by atoms with Crippen molar-refractivity contribution in [1.29, 1.82) is 5.26 Å². The monoisotopic (exact) mass is 184 g/mol. The summed E-state index contributed by atoms with van der Waals surface area (Å²) in [5.41, 5.74) is 0. The van der Waals surface area contributed by atoms with Crippen LogP contribution in [-0.2, 0) is 9.53 Å². The third-order valence-electron chi connectivity index (χ3n) is 1.90. The second-order valence-corrected chi connectivity index (χ2v) is 2.99. The third kappa shape index (κ3) is 5.21. The van der Waals surface area contributed by atoms with Crippen molar-refractivity contribution >= 4 is 5.91 Å². The quantitative estimate of drug-likeness (QED) is 0.593. The summed E-state index contributed by atoms with van der Waals surface area (Å²) in [4.78, 5) is 12.7. The summed E-state index contributed by atoms with van der Waals surface area (Å²) in [6.45, 7) is 2.07. The van der Waals surface area contributed by atoms with Crippen LogP contribution >= 0.6 is 0 Å². The highest BCUT2D eigenvalue weighted by atomic mass is 16.5. The Morgan fingerprint density at radius 2 is 2.31 bits per heavy atom. The molecule has 74 valence electrons. The molecule has 0 aromatic carbocycles. The fourth-order valence-electron chi connectivity index (χ4n) is 0.830. The molecular weight excluding hydrogens is 168 g/mol. The summed E-state index contributed by atoms with van der Waals surface area (Å²) in [6, 6.07) is 1.92. The largest absolute Gasteiger partial charge is 0.382 e. The molecule has 0 rings (SSSR count). The van der Waals surface area contributed by atoms with Crippen LogP contribution in [0.3, 0.4) is 0 Å². The molecule has 0 radical (unpaired) electrons. The van der Waals surface area contributed by atoms with Crippen LogP contribution in [0.2, 0.25) is 0 Å². The van der Waals surface area contributed by atoms with Crippen molar-refractivity contribution in [3.63, 3.8) is 0 Å². The molecule has 0 bridgehead atoms. The van der Waals surface area contributed by atoms with Crippen LogP contribution in [0.4, 0.5) is 0 Å². The molecule has 0 fully saturated rings. The second-order valence-electron chi connectivity index (χ2n) is 2.99. The van der Waals surface area contributed by atoms with Gasteiger partial charge in [0.25, 0.3) is 0 Å². The molecule has 0 aromatic heterocycles. The van der Waals surface area contributed by atoms with Gasteiger partial charge in [-0.15, -0.1) is 0 Å². The summed E-state index contributed by atoms with van der Waals surface area (Å²) in [5, 5.41) is 8.34. The molecule has 1 unspecified atom stereocenters. The number of hydrogen-bond donors (Lipinski definition) is 0. The number of carbonyl (C=O) groups excluding carboxylic acids is 1. The van der Waals surface area contributed by atoms with E-state index in [-0.39, 0.29) is 18.6 Å². The number of carbonyl (C=O) groups is 1. The van der Waals surface area contributed by atoms with Gasteiger partial charge in [0.15, 0.2) is 0 Å². The van der Waals surface area contributed by atoms with Crippen LogP contribution in [-0.4, -0.2) is 37.6 Å². The summed E-state index contributed by atoms with van der Waals surface area (Å²) < 4.78 is 5.00. The van der Waals surface area contributed by atoms with Crippen LogP contribution in [0.25, 0.3) is 0 Å². The van der Waals surface area contributed by atoms with E-state index < -0.39 is 0 Å². The average molecular weight is 184 g/mol. The number of hydrogen-bond acceptors (Lipinski definition) is 3. The van der Waals surface area contributed by atoms with Crippen molar-refractivity contribution in [1.82, 2.24) is 4.90 Å². The standard InChI is InChI=1S/C9H16N2O2/c1-8(13-3)4-5-9(12)11(2)7-6-10/h8H,4-5,7H2,1-3H3. The molecule has 0 aliphatic rings. The second kappa shape index (κ2) is 6.44. The molecule has 0 N–H and O–H groups in total. The Kier molecular flexibility index (Phi) is 5.90. The Morgan fingerprint density at radius 3 is 2.77 bits per heavy atom. The van der Waals surface area contributed by atoms with E-state index >= 15 is 0 Å². The average Bonchev–Trinajstić information content (AvgIpc) is 2.13. The van der Waals surface area contributed by atoms with Gasteiger partial charge in [-0.05, 0) is 13.3 Å². The zero-order valence-electron chi connectivity index (χ0n) is 8.41. The van der Waals surface area contributed by atoms with Gasteiger partial charge in [-0.2, -0.15) is 5.26 Å². The Morgan fingerprint density at radius 1 is 1.69 bits per heavy atom. The zero-order valence-corrected chi connectivity index (χ0v) is 8.41. The zero-order chi connectivity index (χ0) is 10.3. The minimum atomic E-state index is -0.00884. The minimum absolute atomic E-state index is 0.00884. The molecular formula is C9H16N2O2. The van der Waals surface area contributed by atoms with Crippen molar-refractivity contribution in [2.45, 2.75) is 25.9 Å². The van der Waals surface area contributed by atoms with E-state index in [2.05, 4.69) is 0 Å². The van der Waals surface area contributed by atoms with E-state index in [1.807, 2.05) is 13.0 Å². The van der Waals surface area contributed by atoms with Gasteiger partial charge >= 0.3 is 0 Å². The predicted molar refractivity (Wildman–Crippen MR) is 49.0 cm³/mol. The van der Waals surface area contributed by atoms with Gasteiger partial charge in [-0.25, -0.2) is 0 Å². The van der Waals surface area contributed by atoms with Crippen LogP contribution in [0.5, 0.6) is 0 Å². The van der Waals surface area contributed by atoms with Gasteiger partial charge in [-0.3, -0.25) is 4.79 Å². The Hall–Kier alpha value is -1.08. The maximum atomic E-state index is 11.3. The van der Waals surface area contributed by atoms with Crippen molar-refractivity contribution in [3.8, 4) is 6.07 Å². The lowest BCUT2D eigenvalue weighted by molar-refractivity contribution is -0.129. The first kappa shape index (κ1) is 11.9. The lowest BCUT2D eigenvalue weighted by Crippen LogP contribution is -2.27. The van der Waals surface area contributed by atoms with Gasteiger partial charge in [0.1, 0.15) is 6.54 Å². The Balaban J connectivity index is 3.69. The van der Waals surface area contributed by atoms with Crippen molar-refractivity contribution in [3.05, 3.63) is 0 Å². The van der Waals surface area contributed by atoms with Gasteiger partial charge in [0.2, 0.25) is 5.91 Å². The number of methoxy groups -OCH3 is 1. The van der Waals surface area contributed by atoms with Gasteiger partial charge in [-0.1, -0.05) is 0 Å². The summed E-state index contributed by atoms with van der Waals surface area (Å²) in [6.07, 6.45) is 1.23. The van der Waals surface area contributed by atoms with E-state index in [1.165, 1.54) is 4.90 Å². The molecule has 0 saturated carbocycles. The van der Waals surface area contributed by atoms with Crippen molar-refractivity contribution in [2.75, 3.05) is 20.7 Å². The lowest BCUT2D eigenvalue weighted by atomic mass is 10.2.